The zero-order chi connectivity index (χ0) is 22.4. The zero-order valence-corrected chi connectivity index (χ0v) is 20.0. The Morgan fingerprint density at radius 1 is 1.03 bits per heavy atom. The van der Waals surface area contributed by atoms with E-state index in [1.165, 1.54) is 41.7 Å². The molecule has 5 nitrogen and oxygen atoms in total. The van der Waals surface area contributed by atoms with Crippen LogP contribution in [-0.2, 0) is 27.8 Å². The Bertz CT molecular complexity index is 1050. The molecule has 0 spiro atoms. The summed E-state index contributed by atoms with van der Waals surface area (Å²) in [5.74, 6) is -0.112. The Balaban J connectivity index is 1.32. The van der Waals surface area contributed by atoms with E-state index in [0.717, 1.165) is 17.7 Å². The molecule has 7 heteroatoms. The quantitative estimate of drug-likeness (QED) is 0.475. The Hall–Kier alpha value is -2.51. The summed E-state index contributed by atoms with van der Waals surface area (Å²) in [6.07, 6.45) is 6.44. The molecule has 2 amide bonds. The third-order valence-corrected chi connectivity index (χ3v) is 7.80. The summed E-state index contributed by atoms with van der Waals surface area (Å²) in [4.78, 5) is 30.3. The fourth-order valence-corrected chi connectivity index (χ4v) is 5.88. The maximum atomic E-state index is 12.7. The van der Waals surface area contributed by atoms with Crippen molar-refractivity contribution in [3.8, 4) is 0 Å². The lowest BCUT2D eigenvalue weighted by molar-refractivity contribution is -0.120. The average molecular weight is 468 g/mol. The second-order valence-electron chi connectivity index (χ2n) is 8.61. The van der Waals surface area contributed by atoms with Crippen LogP contribution in [0, 0.1) is 6.92 Å². The third-order valence-electron chi connectivity index (χ3n) is 6.12. The molecule has 32 heavy (non-hydrogen) atoms. The number of thiophene rings is 1. The normalized spacial score (nSPS) is 15.3. The van der Waals surface area contributed by atoms with Gasteiger partial charge in [-0.15, -0.1) is 22.7 Å². The maximum Gasteiger partial charge on any atom is 0.231 e. The van der Waals surface area contributed by atoms with Crippen LogP contribution in [0.1, 0.15) is 53.8 Å². The first-order valence-electron chi connectivity index (χ1n) is 11.1. The molecule has 0 radical (unpaired) electrons. The molecular formula is C25H29N3O2S2. The number of anilines is 1. The van der Waals surface area contributed by atoms with Crippen molar-refractivity contribution >= 4 is 39.6 Å². The van der Waals surface area contributed by atoms with Crippen molar-refractivity contribution in [2.75, 3.05) is 11.9 Å². The van der Waals surface area contributed by atoms with Crippen LogP contribution in [0.3, 0.4) is 0 Å². The van der Waals surface area contributed by atoms with Gasteiger partial charge in [0.15, 0.2) is 5.13 Å². The van der Waals surface area contributed by atoms with Crippen molar-refractivity contribution in [2.24, 2.45) is 0 Å². The second-order valence-corrected chi connectivity index (χ2v) is 10.5. The maximum absolute atomic E-state index is 12.7. The monoisotopic (exact) mass is 467 g/mol. The minimum atomic E-state index is -0.0878. The highest BCUT2D eigenvalue weighted by molar-refractivity contribution is 7.14. The molecule has 2 heterocycles. The Morgan fingerprint density at radius 3 is 2.62 bits per heavy atom. The molecule has 1 fully saturated rings. The van der Waals surface area contributed by atoms with Crippen LogP contribution < -0.4 is 10.6 Å². The highest BCUT2D eigenvalue weighted by atomic mass is 32.1. The van der Waals surface area contributed by atoms with E-state index in [4.69, 9.17) is 0 Å². The van der Waals surface area contributed by atoms with Crippen LogP contribution in [0.2, 0.25) is 0 Å². The molecule has 2 N–H and O–H groups in total. The van der Waals surface area contributed by atoms with Gasteiger partial charge in [-0.3, -0.25) is 9.59 Å². The summed E-state index contributed by atoms with van der Waals surface area (Å²) in [5.41, 5.74) is 3.30. The minimum Gasteiger partial charge on any atom is -0.355 e. The van der Waals surface area contributed by atoms with Crippen molar-refractivity contribution in [1.29, 1.82) is 0 Å². The molecule has 3 aromatic rings. The second kappa shape index (κ2) is 10.4. The van der Waals surface area contributed by atoms with Crippen LogP contribution in [-0.4, -0.2) is 23.3 Å². The number of aromatic nitrogens is 1. The fourth-order valence-electron chi connectivity index (χ4n) is 4.45. The smallest absolute Gasteiger partial charge is 0.231 e. The number of hydrogen-bond acceptors (Lipinski definition) is 5. The van der Waals surface area contributed by atoms with Gasteiger partial charge in [-0.1, -0.05) is 55.2 Å². The van der Waals surface area contributed by atoms with E-state index < -0.39 is 0 Å². The highest BCUT2D eigenvalue weighted by Gasteiger charge is 2.34. The van der Waals surface area contributed by atoms with E-state index in [2.05, 4.69) is 46.8 Å². The summed E-state index contributed by atoms with van der Waals surface area (Å²) in [6, 6.07) is 12.6. The van der Waals surface area contributed by atoms with E-state index in [0.29, 0.717) is 23.8 Å². The van der Waals surface area contributed by atoms with Gasteiger partial charge < -0.3 is 10.6 Å². The van der Waals surface area contributed by atoms with Gasteiger partial charge in [0.1, 0.15) is 0 Å². The van der Waals surface area contributed by atoms with Crippen LogP contribution in [0.5, 0.6) is 0 Å². The van der Waals surface area contributed by atoms with Gasteiger partial charge in [0.05, 0.1) is 18.5 Å². The molecule has 1 aliphatic rings. The number of benzene rings is 1. The molecule has 0 bridgehead atoms. The summed E-state index contributed by atoms with van der Waals surface area (Å²) >= 11 is 2.92. The molecule has 0 atom stereocenters. The van der Waals surface area contributed by atoms with Gasteiger partial charge >= 0.3 is 0 Å². The van der Waals surface area contributed by atoms with Crippen molar-refractivity contribution < 1.29 is 9.59 Å². The first-order valence-corrected chi connectivity index (χ1v) is 12.9. The largest absolute Gasteiger partial charge is 0.355 e. The molecule has 0 saturated heterocycles. The van der Waals surface area contributed by atoms with Gasteiger partial charge in [0.25, 0.3) is 0 Å². The molecular weight excluding hydrogens is 438 g/mol. The lowest BCUT2D eigenvalue weighted by Gasteiger charge is -2.38. The lowest BCUT2D eigenvalue weighted by atomic mass is 9.69. The van der Waals surface area contributed by atoms with E-state index in [1.807, 2.05) is 22.9 Å². The van der Waals surface area contributed by atoms with Crippen LogP contribution in [0.15, 0.2) is 47.2 Å². The molecule has 1 aliphatic carbocycles. The number of carbonyl (C=O) groups excluding carboxylic acids is 2. The topological polar surface area (TPSA) is 71.1 Å². The lowest BCUT2D eigenvalue weighted by Crippen LogP contribution is -2.42. The molecule has 0 unspecified atom stereocenters. The van der Waals surface area contributed by atoms with Gasteiger partial charge in [0, 0.05) is 22.2 Å². The van der Waals surface area contributed by atoms with Crippen molar-refractivity contribution in [3.63, 3.8) is 0 Å². The first-order chi connectivity index (χ1) is 15.5. The Kier molecular flexibility index (Phi) is 7.37. The molecule has 2 aromatic heterocycles. The summed E-state index contributed by atoms with van der Waals surface area (Å²) in [5, 5.41) is 10.4. The van der Waals surface area contributed by atoms with Gasteiger partial charge in [0.2, 0.25) is 11.8 Å². The molecule has 168 valence electrons. The first kappa shape index (κ1) is 22.7. The number of hydrogen-bond donors (Lipinski definition) is 2. The predicted molar refractivity (Wildman–Crippen MR) is 131 cm³/mol. The molecule has 4 rings (SSSR count). The third kappa shape index (κ3) is 5.84. The highest BCUT2D eigenvalue weighted by Crippen LogP contribution is 2.39. The number of rotatable bonds is 8. The van der Waals surface area contributed by atoms with E-state index in [1.54, 1.807) is 11.3 Å². The molecule has 1 saturated carbocycles. The summed E-state index contributed by atoms with van der Waals surface area (Å²) in [6.45, 7) is 2.78. The minimum absolute atomic E-state index is 0.0168. The zero-order valence-electron chi connectivity index (χ0n) is 18.4. The fraction of sp³-hybridized carbons (Fsp3) is 0.400. The SMILES string of the molecule is Cc1cccc(C2(CNC(=O)Cc3csc(NC(=O)Cc4cccs4)n3)CCCCC2)c1. The van der Waals surface area contributed by atoms with Crippen LogP contribution in [0.25, 0.3) is 0 Å². The van der Waals surface area contributed by atoms with Crippen molar-refractivity contribution in [1.82, 2.24) is 10.3 Å². The van der Waals surface area contributed by atoms with Crippen molar-refractivity contribution in [2.45, 2.75) is 57.3 Å². The number of aryl methyl sites for hydroxylation is 1. The Morgan fingerprint density at radius 2 is 1.88 bits per heavy atom. The number of thiazole rings is 1. The van der Waals surface area contributed by atoms with E-state index in [9.17, 15) is 9.59 Å². The van der Waals surface area contributed by atoms with E-state index >= 15 is 0 Å². The summed E-state index contributed by atoms with van der Waals surface area (Å²) in [7, 11) is 0. The summed E-state index contributed by atoms with van der Waals surface area (Å²) < 4.78 is 0. The number of carbonyl (C=O) groups is 2. The van der Waals surface area contributed by atoms with Crippen LogP contribution >= 0.6 is 22.7 Å². The van der Waals surface area contributed by atoms with Gasteiger partial charge in [-0.25, -0.2) is 4.98 Å². The van der Waals surface area contributed by atoms with Gasteiger partial charge in [-0.05, 0) is 36.8 Å². The standard InChI is InChI=1S/C25H29N3O2S2/c1-18-7-5-8-19(13-18)25(10-3-2-4-11-25)17-26-22(29)14-20-16-32-24(27-20)28-23(30)15-21-9-6-12-31-21/h5-9,12-13,16H,2-4,10-11,14-15,17H2,1H3,(H,26,29)(H,27,28,30). The Labute approximate surface area is 197 Å². The predicted octanol–water partition coefficient (Wildman–Crippen LogP) is 5.26. The van der Waals surface area contributed by atoms with Crippen LogP contribution in [0.4, 0.5) is 5.13 Å². The van der Waals surface area contributed by atoms with E-state index in [-0.39, 0.29) is 23.7 Å². The van der Waals surface area contributed by atoms with Crippen molar-refractivity contribution in [3.05, 3.63) is 68.9 Å². The average Bonchev–Trinajstić information content (AvgIpc) is 3.45. The number of nitrogens with one attached hydrogen (secondary N) is 2. The van der Waals surface area contributed by atoms with Gasteiger partial charge in [-0.2, -0.15) is 0 Å². The number of nitrogens with zero attached hydrogens (tertiary/aromatic N) is 1. The number of amides is 2. The molecule has 1 aromatic carbocycles. The molecule has 0 aliphatic heterocycles.